The maximum absolute atomic E-state index is 14.1. The fraction of sp³-hybridized carbons (Fsp3) is 0.424. The van der Waals surface area contributed by atoms with Gasteiger partial charge in [-0.2, -0.15) is 0 Å². The Bertz CT molecular complexity index is 1650. The number of pyridine rings is 1. The molecule has 0 radical (unpaired) electrons. The molecule has 5 atom stereocenters. The van der Waals surface area contributed by atoms with Crippen LogP contribution in [0.4, 0.5) is 14.5 Å². The number of halogens is 2. The average Bonchev–Trinajstić information content (AvgIpc) is 3.05. The molecule has 0 bridgehead atoms. The van der Waals surface area contributed by atoms with E-state index in [2.05, 4.69) is 20.3 Å². The third-order valence-corrected chi connectivity index (χ3v) is 9.21. The van der Waals surface area contributed by atoms with Crippen molar-refractivity contribution >= 4 is 27.5 Å². The molecule has 0 saturated heterocycles. The molecule has 2 unspecified atom stereocenters. The third kappa shape index (κ3) is 11.4. The second kappa shape index (κ2) is 18.0. The fourth-order valence-electron chi connectivity index (χ4n) is 5.13. The van der Waals surface area contributed by atoms with Crippen molar-refractivity contribution in [3.8, 4) is 5.75 Å². The predicted octanol–water partition coefficient (Wildman–Crippen LogP) is 0.977. The Morgan fingerprint density at radius 1 is 0.939 bits per heavy atom. The molecule has 2 amide bonds. The average molecular weight is 707 g/mol. The van der Waals surface area contributed by atoms with E-state index in [0.29, 0.717) is 23.8 Å². The highest BCUT2D eigenvalue weighted by molar-refractivity contribution is 7.93. The lowest BCUT2D eigenvalue weighted by molar-refractivity contribution is -0.132. The molecule has 49 heavy (non-hydrogen) atoms. The highest BCUT2D eigenvalue weighted by Gasteiger charge is 2.37. The Labute approximate surface area is 284 Å². The van der Waals surface area contributed by atoms with E-state index in [-0.39, 0.29) is 30.1 Å². The number of hydrogen-bond acceptors (Lipinski definition) is 10. The van der Waals surface area contributed by atoms with Crippen LogP contribution in [-0.4, -0.2) is 79.3 Å². The first-order valence-corrected chi connectivity index (χ1v) is 17.1. The number of nitrogens with zero attached hydrogens (tertiary/aromatic N) is 1. The number of aliphatic hydroxyl groups is 2. The molecule has 0 fully saturated rings. The molecular formula is C33H44F2N6O7S. The van der Waals surface area contributed by atoms with Crippen LogP contribution in [0.3, 0.4) is 0 Å². The van der Waals surface area contributed by atoms with E-state index in [9.17, 15) is 37.0 Å². The van der Waals surface area contributed by atoms with Gasteiger partial charge in [-0.05, 0) is 84.3 Å². The minimum Gasteiger partial charge on any atom is -0.497 e. The molecule has 1 aromatic heterocycles. The molecule has 16 heteroatoms. The first-order valence-electron chi connectivity index (χ1n) is 15.5. The van der Waals surface area contributed by atoms with Crippen LogP contribution in [0.5, 0.6) is 5.75 Å². The highest BCUT2D eigenvalue weighted by atomic mass is 32.2. The summed E-state index contributed by atoms with van der Waals surface area (Å²) in [6.45, 7) is 2.90. The summed E-state index contributed by atoms with van der Waals surface area (Å²) in [4.78, 5) is 30.3. The van der Waals surface area contributed by atoms with Crippen molar-refractivity contribution in [3.63, 3.8) is 0 Å². The second-order valence-corrected chi connectivity index (χ2v) is 13.9. The van der Waals surface area contributed by atoms with Crippen molar-refractivity contribution in [2.45, 2.75) is 56.7 Å². The van der Waals surface area contributed by atoms with Gasteiger partial charge in [-0.25, -0.2) is 17.2 Å². The number of benzene rings is 2. The molecule has 3 rings (SSSR count). The monoisotopic (exact) mass is 706 g/mol. The van der Waals surface area contributed by atoms with E-state index >= 15 is 0 Å². The summed E-state index contributed by atoms with van der Waals surface area (Å²) in [5, 5.41) is 24.1. The van der Waals surface area contributed by atoms with Gasteiger partial charge in [0.15, 0.2) is 5.37 Å². The standard InChI is InChI=1S/C33H44F2N6O7S/c1-19(2)10-22-15-26(48-3)4-5-27(22)41-49(46,47)31(37)30(43)28(14-21-12-24(34)16-25(35)13-21)39-33(45)29(18-42)40-32(44)23(17-36)11-20-6-8-38-9-7-20/h4-9,12-13,15-16,19,23,28-31,41-43H,10-11,14,17-18,36-37H2,1-3H3,(H,39,45)(H,40,44)/t23?,28-,29+,30+,31?/m0/s1. The quantitative estimate of drug-likeness (QED) is 0.0994. The zero-order valence-corrected chi connectivity index (χ0v) is 28.3. The molecular weight excluding hydrogens is 662 g/mol. The summed E-state index contributed by atoms with van der Waals surface area (Å²) in [6.07, 6.45) is 1.23. The first kappa shape index (κ1) is 39.2. The van der Waals surface area contributed by atoms with Gasteiger partial charge in [-0.1, -0.05) is 13.8 Å². The van der Waals surface area contributed by atoms with Gasteiger partial charge in [0.05, 0.1) is 31.4 Å². The van der Waals surface area contributed by atoms with E-state index in [1.165, 1.54) is 13.2 Å². The number of sulfonamides is 1. The number of methoxy groups -OCH3 is 1. The van der Waals surface area contributed by atoms with Crippen LogP contribution < -0.4 is 31.6 Å². The van der Waals surface area contributed by atoms with E-state index in [4.69, 9.17) is 16.2 Å². The lowest BCUT2D eigenvalue weighted by atomic mass is 9.98. The number of hydrogen-bond donors (Lipinski definition) is 7. The summed E-state index contributed by atoms with van der Waals surface area (Å²) in [7, 11) is -3.10. The number of rotatable bonds is 18. The summed E-state index contributed by atoms with van der Waals surface area (Å²) < 4.78 is 62.8. The van der Waals surface area contributed by atoms with Crippen LogP contribution in [0.2, 0.25) is 0 Å². The maximum Gasteiger partial charge on any atom is 0.251 e. The second-order valence-electron chi connectivity index (χ2n) is 12.1. The molecule has 0 aliphatic heterocycles. The Hall–Kier alpha value is -4.22. The van der Waals surface area contributed by atoms with Gasteiger partial charge < -0.3 is 37.1 Å². The highest BCUT2D eigenvalue weighted by Crippen LogP contribution is 2.26. The van der Waals surface area contributed by atoms with Crippen LogP contribution in [-0.2, 0) is 38.9 Å². The topological polar surface area (TPSA) is 219 Å². The minimum atomic E-state index is -4.57. The van der Waals surface area contributed by atoms with E-state index in [0.717, 1.165) is 17.7 Å². The Morgan fingerprint density at radius 2 is 1.59 bits per heavy atom. The van der Waals surface area contributed by atoms with Crippen LogP contribution in [0, 0.1) is 23.5 Å². The number of carbonyl (C=O) groups is 2. The van der Waals surface area contributed by atoms with Crippen LogP contribution in [0.15, 0.2) is 60.9 Å². The number of amides is 2. The summed E-state index contributed by atoms with van der Waals surface area (Å²) in [5.74, 6) is -3.74. The smallest absolute Gasteiger partial charge is 0.251 e. The van der Waals surface area contributed by atoms with Crippen molar-refractivity contribution in [3.05, 3.63) is 89.2 Å². The van der Waals surface area contributed by atoms with Crippen LogP contribution >= 0.6 is 0 Å². The number of aromatic nitrogens is 1. The van der Waals surface area contributed by atoms with Gasteiger partial charge in [0.2, 0.25) is 11.8 Å². The number of nitrogens with two attached hydrogens (primary N) is 2. The zero-order valence-electron chi connectivity index (χ0n) is 27.5. The van der Waals surface area contributed by atoms with Gasteiger partial charge >= 0.3 is 0 Å². The van der Waals surface area contributed by atoms with Crippen LogP contribution in [0.1, 0.15) is 30.5 Å². The predicted molar refractivity (Wildman–Crippen MR) is 180 cm³/mol. The van der Waals surface area contributed by atoms with Gasteiger partial charge in [-0.3, -0.25) is 19.3 Å². The van der Waals surface area contributed by atoms with E-state index in [1.807, 2.05) is 13.8 Å². The molecule has 0 saturated carbocycles. The summed E-state index contributed by atoms with van der Waals surface area (Å²) in [6, 6.07) is 7.45. The molecule has 0 spiro atoms. The van der Waals surface area contributed by atoms with Gasteiger partial charge in [0.25, 0.3) is 10.0 Å². The number of anilines is 1. The SMILES string of the molecule is COc1ccc(NS(=O)(=O)C(N)[C@H](O)[C@H](Cc2cc(F)cc(F)c2)NC(=O)[C@@H](CO)NC(=O)C(CN)Cc2ccncc2)c(CC(C)C)c1. The molecule has 268 valence electrons. The molecule has 9 N–H and O–H groups in total. The molecule has 1 heterocycles. The molecule has 13 nitrogen and oxygen atoms in total. The molecule has 0 aliphatic carbocycles. The maximum atomic E-state index is 14.1. The summed E-state index contributed by atoms with van der Waals surface area (Å²) >= 11 is 0. The number of aliphatic hydroxyl groups excluding tert-OH is 2. The fourth-order valence-corrected chi connectivity index (χ4v) is 6.33. The largest absolute Gasteiger partial charge is 0.497 e. The van der Waals surface area contributed by atoms with Crippen molar-refractivity contribution in [2.75, 3.05) is 25.0 Å². The van der Waals surface area contributed by atoms with Crippen molar-refractivity contribution in [1.29, 1.82) is 0 Å². The van der Waals surface area contributed by atoms with Gasteiger partial charge in [0, 0.05) is 25.0 Å². The first-order chi connectivity index (χ1) is 23.2. The van der Waals surface area contributed by atoms with Crippen molar-refractivity contribution < 1.29 is 41.7 Å². The third-order valence-electron chi connectivity index (χ3n) is 7.71. The number of nitrogens with one attached hydrogen (secondary N) is 3. The Morgan fingerprint density at radius 3 is 2.16 bits per heavy atom. The molecule has 3 aromatic rings. The van der Waals surface area contributed by atoms with Gasteiger partial charge in [0.1, 0.15) is 29.5 Å². The zero-order chi connectivity index (χ0) is 36.3. The summed E-state index contributed by atoms with van der Waals surface area (Å²) in [5.41, 5.74) is 13.4. The molecule has 2 aromatic carbocycles. The van der Waals surface area contributed by atoms with E-state index < -0.39 is 76.0 Å². The van der Waals surface area contributed by atoms with Crippen molar-refractivity contribution in [1.82, 2.24) is 15.6 Å². The lowest BCUT2D eigenvalue weighted by Gasteiger charge is -2.30. The van der Waals surface area contributed by atoms with Gasteiger partial charge in [-0.15, -0.1) is 0 Å². The normalized spacial score (nSPS) is 14.7. The van der Waals surface area contributed by atoms with E-state index in [1.54, 1.807) is 36.7 Å². The lowest BCUT2D eigenvalue weighted by Crippen LogP contribution is -2.60. The number of ether oxygens (including phenoxy) is 1. The minimum absolute atomic E-state index is 0.0427. The van der Waals surface area contributed by atoms with Crippen LogP contribution in [0.25, 0.3) is 0 Å². The van der Waals surface area contributed by atoms with Crippen molar-refractivity contribution in [2.24, 2.45) is 23.3 Å². The number of carbonyl (C=O) groups excluding carboxylic acids is 2. The molecule has 0 aliphatic rings. The Balaban J connectivity index is 1.86. The Kier molecular flexibility index (Phi) is 14.4.